The van der Waals surface area contributed by atoms with Crippen LogP contribution in [0.3, 0.4) is 0 Å². The van der Waals surface area contributed by atoms with Crippen LogP contribution in [0.4, 0.5) is 17.1 Å². The maximum Gasteiger partial charge on any atom is 0.144 e. The monoisotopic (exact) mass is 290 g/mol. The summed E-state index contributed by atoms with van der Waals surface area (Å²) < 4.78 is 5.69. The molecule has 2 rings (SSSR count). The van der Waals surface area contributed by atoms with Crippen LogP contribution in [-0.2, 0) is 0 Å². The lowest BCUT2D eigenvalue weighted by molar-refractivity contribution is 0.244. The Hall–Kier alpha value is -1.87. The number of nitrogens with two attached hydrogens (primary N) is 1. The Morgan fingerprint density at radius 1 is 1.15 bits per heavy atom. The second-order valence-corrected chi connectivity index (χ2v) is 5.44. The SMILES string of the molecule is Cc1ccc(Cl)cc1Nc1ccc(N)c(OC(C)C)c1. The van der Waals surface area contributed by atoms with Crippen LogP contribution in [0.25, 0.3) is 0 Å². The van der Waals surface area contributed by atoms with Crippen LogP contribution in [0.1, 0.15) is 19.4 Å². The topological polar surface area (TPSA) is 47.3 Å². The first-order chi connectivity index (χ1) is 9.45. The van der Waals surface area contributed by atoms with E-state index in [9.17, 15) is 0 Å². The van der Waals surface area contributed by atoms with E-state index in [-0.39, 0.29) is 6.10 Å². The van der Waals surface area contributed by atoms with Gasteiger partial charge in [-0.25, -0.2) is 0 Å². The van der Waals surface area contributed by atoms with Gasteiger partial charge in [-0.1, -0.05) is 17.7 Å². The fourth-order valence-electron chi connectivity index (χ4n) is 1.85. The van der Waals surface area contributed by atoms with Crippen LogP contribution in [0.15, 0.2) is 36.4 Å². The Labute approximate surface area is 124 Å². The third-order valence-corrected chi connectivity index (χ3v) is 3.09. The van der Waals surface area contributed by atoms with Gasteiger partial charge in [0.1, 0.15) is 5.75 Å². The standard InChI is InChI=1S/C16H19ClN2O/c1-10(2)20-16-9-13(6-7-14(16)18)19-15-8-12(17)5-4-11(15)3/h4-10,19H,18H2,1-3H3. The van der Waals surface area contributed by atoms with Crippen molar-refractivity contribution in [1.29, 1.82) is 0 Å². The highest BCUT2D eigenvalue weighted by Crippen LogP contribution is 2.30. The van der Waals surface area contributed by atoms with Crippen molar-refractivity contribution in [3.63, 3.8) is 0 Å². The lowest BCUT2D eigenvalue weighted by Crippen LogP contribution is -2.07. The molecule has 0 fully saturated rings. The number of anilines is 3. The highest BCUT2D eigenvalue weighted by molar-refractivity contribution is 6.30. The van der Waals surface area contributed by atoms with Crippen molar-refractivity contribution in [1.82, 2.24) is 0 Å². The average molecular weight is 291 g/mol. The average Bonchev–Trinajstić information content (AvgIpc) is 2.37. The van der Waals surface area contributed by atoms with Crippen LogP contribution >= 0.6 is 11.6 Å². The van der Waals surface area contributed by atoms with E-state index in [4.69, 9.17) is 22.1 Å². The summed E-state index contributed by atoms with van der Waals surface area (Å²) >= 11 is 6.02. The maximum atomic E-state index is 6.02. The molecule has 0 bridgehead atoms. The number of rotatable bonds is 4. The number of hydrogen-bond acceptors (Lipinski definition) is 3. The lowest BCUT2D eigenvalue weighted by Gasteiger charge is -2.15. The van der Waals surface area contributed by atoms with Gasteiger partial charge in [0.15, 0.2) is 0 Å². The quantitative estimate of drug-likeness (QED) is 0.798. The normalized spacial score (nSPS) is 10.7. The van der Waals surface area contributed by atoms with Crippen molar-refractivity contribution in [2.75, 3.05) is 11.1 Å². The lowest BCUT2D eigenvalue weighted by atomic mass is 10.2. The molecule has 0 radical (unpaired) electrons. The molecule has 3 nitrogen and oxygen atoms in total. The molecule has 2 aromatic rings. The Kier molecular flexibility index (Phi) is 4.40. The van der Waals surface area contributed by atoms with E-state index in [2.05, 4.69) is 5.32 Å². The Bertz CT molecular complexity index is 611. The Morgan fingerprint density at radius 2 is 1.90 bits per heavy atom. The smallest absolute Gasteiger partial charge is 0.144 e. The molecule has 0 aromatic heterocycles. The Morgan fingerprint density at radius 3 is 2.60 bits per heavy atom. The van der Waals surface area contributed by atoms with Crippen molar-refractivity contribution < 1.29 is 4.74 Å². The molecule has 0 unspecified atom stereocenters. The molecule has 0 heterocycles. The molecule has 2 aromatic carbocycles. The molecular weight excluding hydrogens is 272 g/mol. The molecule has 0 aliphatic heterocycles. The van der Waals surface area contributed by atoms with Crippen molar-refractivity contribution >= 4 is 28.7 Å². The largest absolute Gasteiger partial charge is 0.489 e. The summed E-state index contributed by atoms with van der Waals surface area (Å²) in [7, 11) is 0. The zero-order valence-corrected chi connectivity index (χ0v) is 12.7. The van der Waals surface area contributed by atoms with Gasteiger partial charge < -0.3 is 15.8 Å². The first-order valence-electron chi connectivity index (χ1n) is 6.55. The summed E-state index contributed by atoms with van der Waals surface area (Å²) in [5, 5.41) is 4.03. The third kappa shape index (κ3) is 3.58. The molecular formula is C16H19ClN2O. The van der Waals surface area contributed by atoms with E-state index in [1.54, 1.807) is 0 Å². The summed E-state index contributed by atoms with van der Waals surface area (Å²) in [5.74, 6) is 0.685. The number of halogens is 1. The van der Waals surface area contributed by atoms with Crippen molar-refractivity contribution in [2.45, 2.75) is 26.9 Å². The molecule has 0 aliphatic rings. The van der Waals surface area contributed by atoms with Gasteiger partial charge in [-0.15, -0.1) is 0 Å². The van der Waals surface area contributed by atoms with Crippen LogP contribution in [-0.4, -0.2) is 6.10 Å². The van der Waals surface area contributed by atoms with E-state index in [0.717, 1.165) is 16.9 Å². The van der Waals surface area contributed by atoms with Gasteiger partial charge in [-0.3, -0.25) is 0 Å². The molecule has 106 valence electrons. The molecule has 0 amide bonds. The predicted octanol–water partition coefficient (Wildman–Crippen LogP) is 4.76. The Balaban J connectivity index is 2.27. The second kappa shape index (κ2) is 6.06. The van der Waals surface area contributed by atoms with Gasteiger partial charge in [0.25, 0.3) is 0 Å². The van der Waals surface area contributed by atoms with Crippen LogP contribution in [0.2, 0.25) is 5.02 Å². The summed E-state index contributed by atoms with van der Waals surface area (Å²) in [6, 6.07) is 11.4. The van der Waals surface area contributed by atoms with Gasteiger partial charge in [0.2, 0.25) is 0 Å². The fraction of sp³-hybridized carbons (Fsp3) is 0.250. The van der Waals surface area contributed by atoms with Gasteiger partial charge in [0.05, 0.1) is 11.8 Å². The molecule has 0 atom stereocenters. The van der Waals surface area contributed by atoms with Crippen molar-refractivity contribution in [2.24, 2.45) is 0 Å². The van der Waals surface area contributed by atoms with Gasteiger partial charge in [-0.05, 0) is 50.6 Å². The highest BCUT2D eigenvalue weighted by Gasteiger charge is 2.06. The number of hydrogen-bond donors (Lipinski definition) is 2. The molecule has 3 N–H and O–H groups in total. The first kappa shape index (κ1) is 14.5. The van der Waals surface area contributed by atoms with E-state index < -0.39 is 0 Å². The number of nitrogens with one attached hydrogen (secondary N) is 1. The summed E-state index contributed by atoms with van der Waals surface area (Å²) in [6.07, 6.45) is 0.0838. The molecule has 0 saturated carbocycles. The maximum absolute atomic E-state index is 6.02. The second-order valence-electron chi connectivity index (χ2n) is 5.00. The van der Waals surface area contributed by atoms with Gasteiger partial charge in [-0.2, -0.15) is 0 Å². The number of aryl methyl sites for hydroxylation is 1. The minimum Gasteiger partial charge on any atom is -0.489 e. The summed E-state index contributed by atoms with van der Waals surface area (Å²) in [6.45, 7) is 5.98. The van der Waals surface area contributed by atoms with E-state index in [0.29, 0.717) is 16.5 Å². The summed E-state index contributed by atoms with van der Waals surface area (Å²) in [4.78, 5) is 0. The van der Waals surface area contributed by atoms with Crippen LogP contribution in [0, 0.1) is 6.92 Å². The van der Waals surface area contributed by atoms with Crippen molar-refractivity contribution in [3.05, 3.63) is 47.0 Å². The number of nitrogen functional groups attached to an aromatic ring is 1. The highest BCUT2D eigenvalue weighted by atomic mass is 35.5. The number of benzene rings is 2. The van der Waals surface area contributed by atoms with Gasteiger partial charge in [0, 0.05) is 22.5 Å². The van der Waals surface area contributed by atoms with E-state index in [1.807, 2.05) is 57.2 Å². The molecule has 4 heteroatoms. The van der Waals surface area contributed by atoms with E-state index in [1.165, 1.54) is 0 Å². The van der Waals surface area contributed by atoms with Crippen molar-refractivity contribution in [3.8, 4) is 5.75 Å². The minimum absolute atomic E-state index is 0.0838. The predicted molar refractivity (Wildman–Crippen MR) is 86.1 cm³/mol. The fourth-order valence-corrected chi connectivity index (χ4v) is 2.02. The number of ether oxygens (including phenoxy) is 1. The first-order valence-corrected chi connectivity index (χ1v) is 6.93. The zero-order chi connectivity index (χ0) is 14.7. The zero-order valence-electron chi connectivity index (χ0n) is 11.9. The minimum atomic E-state index is 0.0838. The molecule has 0 saturated heterocycles. The summed E-state index contributed by atoms with van der Waals surface area (Å²) in [5.41, 5.74) is 9.55. The van der Waals surface area contributed by atoms with Gasteiger partial charge >= 0.3 is 0 Å². The molecule has 0 aliphatic carbocycles. The third-order valence-electron chi connectivity index (χ3n) is 2.85. The van der Waals surface area contributed by atoms with Crippen LogP contribution in [0.5, 0.6) is 5.75 Å². The van der Waals surface area contributed by atoms with E-state index >= 15 is 0 Å². The molecule has 20 heavy (non-hydrogen) atoms. The van der Waals surface area contributed by atoms with Crippen LogP contribution < -0.4 is 15.8 Å². The molecule has 0 spiro atoms.